The van der Waals surface area contributed by atoms with Crippen LogP contribution in [0.3, 0.4) is 0 Å². The fourth-order valence-corrected chi connectivity index (χ4v) is 1.02. The van der Waals surface area contributed by atoms with Gasteiger partial charge >= 0.3 is 0 Å². The van der Waals surface area contributed by atoms with Gasteiger partial charge in [0.15, 0.2) is 0 Å². The van der Waals surface area contributed by atoms with Gasteiger partial charge in [0.2, 0.25) is 5.91 Å². The third-order valence-corrected chi connectivity index (χ3v) is 1.83. The van der Waals surface area contributed by atoms with Gasteiger partial charge < -0.3 is 5.32 Å². The van der Waals surface area contributed by atoms with E-state index in [0.29, 0.717) is 0 Å². The Bertz CT molecular complexity index is 185. The molecule has 1 amide bonds. The summed E-state index contributed by atoms with van der Waals surface area (Å²) in [5, 5.41) is 10.4. The summed E-state index contributed by atoms with van der Waals surface area (Å²) < 4.78 is 10.6. The number of nitriles is 1. The predicted octanol–water partition coefficient (Wildman–Crippen LogP) is -0.995. The van der Waals surface area contributed by atoms with E-state index in [1.165, 1.54) is 7.05 Å². The van der Waals surface area contributed by atoms with E-state index in [9.17, 15) is 9.00 Å². The van der Waals surface area contributed by atoms with E-state index in [1.54, 1.807) is 6.07 Å². The Balaban J connectivity index is 3.60. The van der Waals surface area contributed by atoms with Crippen LogP contribution in [0.5, 0.6) is 0 Å². The quantitative estimate of drug-likeness (QED) is 0.576. The zero-order valence-corrected chi connectivity index (χ0v) is 6.40. The largest absolute Gasteiger partial charge is 0.358 e. The molecule has 0 aliphatic carbocycles. The highest BCUT2D eigenvalue weighted by Gasteiger charge is 2.03. The second-order valence-electron chi connectivity index (χ2n) is 1.56. The van der Waals surface area contributed by atoms with Crippen LogP contribution in [0.4, 0.5) is 0 Å². The fraction of sp³-hybridized carbons (Fsp3) is 0.600. The summed E-state index contributed by atoms with van der Waals surface area (Å²) in [6, 6.07) is 1.72. The smallest absolute Gasteiger partial charge is 0.232 e. The molecule has 0 saturated heterocycles. The Morgan fingerprint density at radius 3 is 2.80 bits per heavy atom. The van der Waals surface area contributed by atoms with Gasteiger partial charge in [0.1, 0.15) is 11.5 Å². The molecule has 10 heavy (non-hydrogen) atoms. The third kappa shape index (κ3) is 4.04. The Kier molecular flexibility index (Phi) is 4.50. The lowest BCUT2D eigenvalue weighted by Gasteiger charge is -1.94. The molecule has 0 spiro atoms. The predicted molar refractivity (Wildman–Crippen MR) is 37.6 cm³/mol. The van der Waals surface area contributed by atoms with E-state index >= 15 is 0 Å². The van der Waals surface area contributed by atoms with E-state index in [0.717, 1.165) is 0 Å². The number of carbonyl (C=O) groups is 1. The second kappa shape index (κ2) is 4.94. The van der Waals surface area contributed by atoms with Crippen LogP contribution in [-0.2, 0) is 15.6 Å². The summed E-state index contributed by atoms with van der Waals surface area (Å²) in [7, 11) is 0.141. The molecule has 5 heteroatoms. The minimum Gasteiger partial charge on any atom is -0.358 e. The van der Waals surface area contributed by atoms with Gasteiger partial charge in [-0.25, -0.2) is 0 Å². The van der Waals surface area contributed by atoms with Crippen LogP contribution in [0, 0.1) is 11.3 Å². The maximum absolute atomic E-state index is 10.6. The van der Waals surface area contributed by atoms with Gasteiger partial charge in [-0.3, -0.25) is 9.00 Å². The Morgan fingerprint density at radius 2 is 2.40 bits per heavy atom. The average Bonchev–Trinajstić information content (AvgIpc) is 1.88. The topological polar surface area (TPSA) is 70.0 Å². The first-order valence-corrected chi connectivity index (χ1v) is 4.12. The Morgan fingerprint density at radius 1 is 1.80 bits per heavy atom. The molecule has 0 radical (unpaired) electrons. The van der Waals surface area contributed by atoms with Crippen LogP contribution in [0.15, 0.2) is 0 Å². The lowest BCUT2D eigenvalue weighted by Crippen LogP contribution is -2.24. The van der Waals surface area contributed by atoms with E-state index in [4.69, 9.17) is 5.26 Å². The van der Waals surface area contributed by atoms with Crippen molar-refractivity contribution in [2.75, 3.05) is 18.6 Å². The molecular weight excluding hydrogens is 152 g/mol. The molecule has 0 heterocycles. The number of amides is 1. The zero-order chi connectivity index (χ0) is 7.98. The van der Waals surface area contributed by atoms with Crippen LogP contribution in [0.1, 0.15) is 0 Å². The van der Waals surface area contributed by atoms with E-state index in [2.05, 4.69) is 5.32 Å². The first-order valence-electron chi connectivity index (χ1n) is 2.63. The van der Waals surface area contributed by atoms with Gasteiger partial charge in [-0.15, -0.1) is 0 Å². The van der Waals surface area contributed by atoms with Crippen molar-refractivity contribution in [1.29, 1.82) is 5.26 Å². The molecule has 0 aliphatic heterocycles. The first-order chi connectivity index (χ1) is 4.70. The molecule has 0 aromatic rings. The number of nitrogens with one attached hydrogen (secondary N) is 1. The Hall–Kier alpha value is -0.890. The molecule has 56 valence electrons. The molecule has 1 N–H and O–H groups in total. The van der Waals surface area contributed by atoms with Gasteiger partial charge in [-0.1, -0.05) is 0 Å². The van der Waals surface area contributed by atoms with Crippen molar-refractivity contribution in [3.05, 3.63) is 0 Å². The highest BCUT2D eigenvalue weighted by molar-refractivity contribution is 7.85. The first kappa shape index (κ1) is 9.11. The van der Waals surface area contributed by atoms with Gasteiger partial charge in [0.25, 0.3) is 0 Å². The van der Waals surface area contributed by atoms with Crippen molar-refractivity contribution in [2.24, 2.45) is 0 Å². The molecule has 0 aromatic carbocycles. The van der Waals surface area contributed by atoms with Crippen molar-refractivity contribution >= 4 is 16.7 Å². The van der Waals surface area contributed by atoms with Gasteiger partial charge in [-0.05, 0) is 0 Å². The van der Waals surface area contributed by atoms with Crippen molar-refractivity contribution in [3.8, 4) is 6.07 Å². The van der Waals surface area contributed by atoms with Crippen molar-refractivity contribution in [2.45, 2.75) is 0 Å². The average molecular weight is 160 g/mol. The zero-order valence-electron chi connectivity index (χ0n) is 5.59. The standard InChI is InChI=1S/C5H8N2O2S/c1-7-5(8)4-10(9)3-2-6/h3-4H2,1H3,(H,7,8). The molecular formula is C5H8N2O2S. The number of carbonyl (C=O) groups excluding carboxylic acids is 1. The van der Waals surface area contributed by atoms with Crippen LogP contribution in [0.25, 0.3) is 0 Å². The molecule has 1 atom stereocenters. The van der Waals surface area contributed by atoms with Gasteiger partial charge in [0.05, 0.1) is 6.07 Å². The SMILES string of the molecule is CNC(=O)CS(=O)CC#N. The molecule has 0 aliphatic rings. The van der Waals surface area contributed by atoms with E-state index in [1.807, 2.05) is 0 Å². The molecule has 4 nitrogen and oxygen atoms in total. The minimum absolute atomic E-state index is 0.0760. The van der Waals surface area contributed by atoms with Crippen molar-refractivity contribution in [1.82, 2.24) is 5.32 Å². The lowest BCUT2D eigenvalue weighted by atomic mass is 10.7. The molecule has 0 bridgehead atoms. The Labute approximate surface area is 61.7 Å². The van der Waals surface area contributed by atoms with Crippen molar-refractivity contribution < 1.29 is 9.00 Å². The highest BCUT2D eigenvalue weighted by atomic mass is 32.2. The third-order valence-electron chi connectivity index (χ3n) is 0.796. The van der Waals surface area contributed by atoms with Crippen LogP contribution in [0.2, 0.25) is 0 Å². The number of hydrogen-bond acceptors (Lipinski definition) is 3. The monoisotopic (exact) mass is 160 g/mol. The van der Waals surface area contributed by atoms with Crippen molar-refractivity contribution in [3.63, 3.8) is 0 Å². The number of hydrogen-bond donors (Lipinski definition) is 1. The van der Waals surface area contributed by atoms with Crippen LogP contribution < -0.4 is 5.32 Å². The molecule has 0 rings (SSSR count). The lowest BCUT2D eigenvalue weighted by molar-refractivity contribution is -0.118. The number of rotatable bonds is 3. The van der Waals surface area contributed by atoms with Gasteiger partial charge in [-0.2, -0.15) is 5.26 Å². The van der Waals surface area contributed by atoms with E-state index < -0.39 is 10.8 Å². The summed E-state index contributed by atoms with van der Waals surface area (Å²) in [5.74, 6) is -0.453. The second-order valence-corrected chi connectivity index (χ2v) is 3.02. The summed E-state index contributed by atoms with van der Waals surface area (Å²) in [4.78, 5) is 10.5. The number of nitrogens with zero attached hydrogens (tertiary/aromatic N) is 1. The van der Waals surface area contributed by atoms with Gasteiger partial charge in [0, 0.05) is 17.8 Å². The summed E-state index contributed by atoms with van der Waals surface area (Å²) in [5.41, 5.74) is 0. The minimum atomic E-state index is -1.32. The fourth-order valence-electron chi connectivity index (χ4n) is 0.341. The molecule has 0 aromatic heterocycles. The molecule has 0 saturated carbocycles. The van der Waals surface area contributed by atoms with Crippen LogP contribution in [-0.4, -0.2) is 28.7 Å². The maximum Gasteiger partial charge on any atom is 0.232 e. The molecule has 1 unspecified atom stereocenters. The highest BCUT2D eigenvalue weighted by Crippen LogP contribution is 1.79. The maximum atomic E-state index is 10.6. The summed E-state index contributed by atoms with van der Waals surface area (Å²) >= 11 is 0. The van der Waals surface area contributed by atoms with E-state index in [-0.39, 0.29) is 17.4 Å². The van der Waals surface area contributed by atoms with Crippen LogP contribution >= 0.6 is 0 Å². The summed E-state index contributed by atoms with van der Waals surface area (Å²) in [6.45, 7) is 0. The normalized spacial score (nSPS) is 11.6. The molecule has 0 fully saturated rings. The summed E-state index contributed by atoms with van der Waals surface area (Å²) in [6.07, 6.45) is 0.